The highest BCUT2D eigenvalue weighted by molar-refractivity contribution is 7.87. The first kappa shape index (κ1) is 25.7. The number of halogens is 2. The maximum atomic E-state index is 14.3. The summed E-state index contributed by atoms with van der Waals surface area (Å²) in [4.78, 5) is 25.8. The van der Waals surface area contributed by atoms with E-state index < -0.39 is 21.8 Å². The van der Waals surface area contributed by atoms with E-state index in [4.69, 9.17) is 15.8 Å². The third kappa shape index (κ3) is 6.41. The van der Waals surface area contributed by atoms with Gasteiger partial charge in [0.2, 0.25) is 5.91 Å². The molecule has 1 aliphatic rings. The molecular weight excluding hydrogens is 507 g/mol. The summed E-state index contributed by atoms with van der Waals surface area (Å²) >= 11 is 6.18. The fraction of sp³-hybridized carbons (Fsp3) is 0.231. The maximum absolute atomic E-state index is 14.3. The number of hydrogen-bond donors (Lipinski definition) is 1. The summed E-state index contributed by atoms with van der Waals surface area (Å²) in [6, 6.07) is 15.7. The van der Waals surface area contributed by atoms with Gasteiger partial charge in [-0.2, -0.15) is 8.42 Å². The Morgan fingerprint density at radius 3 is 2.42 bits per heavy atom. The van der Waals surface area contributed by atoms with Crippen molar-refractivity contribution in [1.29, 1.82) is 0 Å². The fourth-order valence-electron chi connectivity index (χ4n) is 3.67. The molecule has 0 spiro atoms. The number of nitrogens with one attached hydrogen (secondary N) is 1. The van der Waals surface area contributed by atoms with E-state index in [9.17, 15) is 22.4 Å². The van der Waals surface area contributed by atoms with Crippen molar-refractivity contribution in [2.45, 2.75) is 31.2 Å². The number of carbonyl (C=O) groups is 2. The molecule has 2 amide bonds. The number of benzene rings is 3. The Morgan fingerprint density at radius 1 is 1.08 bits per heavy atom. The Balaban J connectivity index is 1.60. The van der Waals surface area contributed by atoms with Gasteiger partial charge in [-0.05, 0) is 73.4 Å². The van der Waals surface area contributed by atoms with Crippen LogP contribution in [0.5, 0.6) is 5.75 Å². The largest absolute Gasteiger partial charge is 0.379 e. The Hall–Kier alpha value is -3.43. The van der Waals surface area contributed by atoms with Gasteiger partial charge in [-0.15, -0.1) is 0 Å². The molecule has 0 atom stereocenters. The van der Waals surface area contributed by atoms with E-state index in [2.05, 4.69) is 5.32 Å². The summed E-state index contributed by atoms with van der Waals surface area (Å²) < 4.78 is 45.7. The molecule has 0 heterocycles. The SMILES string of the molecule is CC(=O)Nc1ccc(S(=O)(=O)Oc2ccc(Cl)cc2CN(CC2CC2)C(=O)c2ccccc2F)cc1. The minimum absolute atomic E-state index is 0.00691. The van der Waals surface area contributed by atoms with Gasteiger partial charge in [-0.3, -0.25) is 9.59 Å². The molecule has 1 N–H and O–H groups in total. The number of hydrogen-bond acceptors (Lipinski definition) is 5. The van der Waals surface area contributed by atoms with Gasteiger partial charge in [0.1, 0.15) is 16.5 Å². The zero-order valence-electron chi connectivity index (χ0n) is 19.4. The summed E-state index contributed by atoms with van der Waals surface area (Å²) in [6.07, 6.45) is 1.92. The van der Waals surface area contributed by atoms with Crippen LogP contribution < -0.4 is 9.50 Å². The lowest BCUT2D eigenvalue weighted by Gasteiger charge is -2.24. The van der Waals surface area contributed by atoms with Crippen molar-refractivity contribution >= 4 is 39.2 Å². The van der Waals surface area contributed by atoms with E-state index in [-0.39, 0.29) is 28.7 Å². The Kier molecular flexibility index (Phi) is 7.61. The Morgan fingerprint density at radius 2 is 1.78 bits per heavy atom. The summed E-state index contributed by atoms with van der Waals surface area (Å²) in [5.74, 6) is -1.10. The first-order valence-electron chi connectivity index (χ1n) is 11.3. The standard InChI is InChI=1S/C26H24ClFN2O5S/c1-17(31)29-21-9-11-22(12-10-21)36(33,34)35-25-13-8-20(27)14-19(25)16-30(15-18-6-7-18)26(32)23-4-2-3-5-24(23)28/h2-5,8-14,18H,6-7,15-16H2,1H3,(H,29,31). The quantitative estimate of drug-likeness (QED) is 0.381. The predicted molar refractivity (Wildman–Crippen MR) is 134 cm³/mol. The van der Waals surface area contributed by atoms with E-state index in [1.54, 1.807) is 6.07 Å². The van der Waals surface area contributed by atoms with Crippen molar-refractivity contribution < 1.29 is 26.6 Å². The third-order valence-electron chi connectivity index (χ3n) is 5.61. The Bertz CT molecular complexity index is 1390. The van der Waals surface area contributed by atoms with Gasteiger partial charge in [0.05, 0.1) is 5.56 Å². The predicted octanol–water partition coefficient (Wildman–Crippen LogP) is 5.26. The molecule has 36 heavy (non-hydrogen) atoms. The minimum atomic E-state index is -4.24. The number of carbonyl (C=O) groups excluding carboxylic acids is 2. The monoisotopic (exact) mass is 530 g/mol. The summed E-state index contributed by atoms with van der Waals surface area (Å²) in [7, 11) is -4.24. The second-order valence-electron chi connectivity index (χ2n) is 8.60. The lowest BCUT2D eigenvalue weighted by Crippen LogP contribution is -2.33. The van der Waals surface area contributed by atoms with Gasteiger partial charge in [-0.1, -0.05) is 23.7 Å². The van der Waals surface area contributed by atoms with Crippen LogP contribution in [0.25, 0.3) is 0 Å². The maximum Gasteiger partial charge on any atom is 0.339 e. The van der Waals surface area contributed by atoms with Crippen LogP contribution in [-0.2, 0) is 21.5 Å². The van der Waals surface area contributed by atoms with Crippen molar-refractivity contribution in [1.82, 2.24) is 4.90 Å². The summed E-state index contributed by atoms with van der Waals surface area (Å²) in [5.41, 5.74) is 0.747. The van der Waals surface area contributed by atoms with Crippen molar-refractivity contribution in [2.24, 2.45) is 5.92 Å². The van der Waals surface area contributed by atoms with E-state index in [0.29, 0.717) is 28.7 Å². The molecule has 1 fully saturated rings. The number of rotatable bonds is 9. The van der Waals surface area contributed by atoms with Crippen LogP contribution >= 0.6 is 11.6 Å². The van der Waals surface area contributed by atoms with Gasteiger partial charge in [-0.25, -0.2) is 4.39 Å². The van der Waals surface area contributed by atoms with Crippen molar-refractivity contribution in [2.75, 3.05) is 11.9 Å². The zero-order chi connectivity index (χ0) is 25.9. The lowest BCUT2D eigenvalue weighted by atomic mass is 10.1. The van der Waals surface area contributed by atoms with Crippen LogP contribution in [0, 0.1) is 11.7 Å². The normalized spacial score (nSPS) is 13.2. The van der Waals surface area contributed by atoms with Crippen LogP contribution in [0.4, 0.5) is 10.1 Å². The van der Waals surface area contributed by atoms with Crippen molar-refractivity contribution in [3.63, 3.8) is 0 Å². The van der Waals surface area contributed by atoms with E-state index >= 15 is 0 Å². The van der Waals surface area contributed by atoms with Crippen LogP contribution in [0.2, 0.25) is 5.02 Å². The van der Waals surface area contributed by atoms with E-state index in [1.807, 2.05) is 0 Å². The first-order valence-corrected chi connectivity index (χ1v) is 13.1. The third-order valence-corrected chi connectivity index (χ3v) is 7.10. The molecule has 0 aromatic heterocycles. The average Bonchev–Trinajstić information content (AvgIpc) is 3.64. The second kappa shape index (κ2) is 10.7. The van der Waals surface area contributed by atoms with Crippen LogP contribution in [0.15, 0.2) is 71.6 Å². The lowest BCUT2D eigenvalue weighted by molar-refractivity contribution is -0.114. The van der Waals surface area contributed by atoms with Gasteiger partial charge in [0.15, 0.2) is 0 Å². The average molecular weight is 531 g/mol. The molecule has 0 unspecified atom stereocenters. The smallest absolute Gasteiger partial charge is 0.339 e. The van der Waals surface area contributed by atoms with Gasteiger partial charge < -0.3 is 14.4 Å². The molecule has 188 valence electrons. The van der Waals surface area contributed by atoms with Crippen LogP contribution in [0.1, 0.15) is 35.7 Å². The van der Waals surface area contributed by atoms with Crippen molar-refractivity contribution in [3.05, 3.63) is 88.7 Å². The van der Waals surface area contributed by atoms with Crippen LogP contribution in [0.3, 0.4) is 0 Å². The highest BCUT2D eigenvalue weighted by Gasteiger charge is 2.29. The van der Waals surface area contributed by atoms with Gasteiger partial charge in [0.25, 0.3) is 5.91 Å². The highest BCUT2D eigenvalue weighted by atomic mass is 35.5. The van der Waals surface area contributed by atoms with Gasteiger partial charge in [0, 0.05) is 36.3 Å². The van der Waals surface area contributed by atoms with Crippen molar-refractivity contribution in [3.8, 4) is 5.75 Å². The highest BCUT2D eigenvalue weighted by Crippen LogP contribution is 2.33. The molecule has 7 nitrogen and oxygen atoms in total. The molecular formula is C26H24ClFN2O5S. The van der Waals surface area contributed by atoms with Crippen LogP contribution in [-0.4, -0.2) is 31.7 Å². The Labute approximate surface area is 214 Å². The number of anilines is 1. The van der Waals surface area contributed by atoms with E-state index in [0.717, 1.165) is 12.8 Å². The molecule has 0 saturated heterocycles. The molecule has 3 aromatic rings. The molecule has 1 saturated carbocycles. The fourth-order valence-corrected chi connectivity index (χ4v) is 4.83. The summed E-state index contributed by atoms with van der Waals surface area (Å²) in [5, 5.41) is 2.90. The number of nitrogens with zero attached hydrogens (tertiary/aromatic N) is 1. The minimum Gasteiger partial charge on any atom is -0.379 e. The number of amides is 2. The molecule has 1 aliphatic carbocycles. The molecule has 0 aliphatic heterocycles. The van der Waals surface area contributed by atoms with Gasteiger partial charge >= 0.3 is 10.1 Å². The topological polar surface area (TPSA) is 92.8 Å². The zero-order valence-corrected chi connectivity index (χ0v) is 21.0. The van der Waals surface area contributed by atoms with E-state index in [1.165, 1.54) is 72.5 Å². The molecule has 3 aromatic carbocycles. The summed E-state index contributed by atoms with van der Waals surface area (Å²) in [6.45, 7) is 1.73. The second-order valence-corrected chi connectivity index (χ2v) is 10.6. The molecule has 4 rings (SSSR count). The molecule has 0 radical (unpaired) electrons. The molecule has 0 bridgehead atoms. The first-order chi connectivity index (χ1) is 17.1. The molecule has 10 heteroatoms.